The molecule has 126 valence electrons. The number of anilines is 1. The van der Waals surface area contributed by atoms with Crippen molar-refractivity contribution >= 4 is 11.7 Å². The molecule has 2 aromatic rings. The largest absolute Gasteiger partial charge is 0.494 e. The van der Waals surface area contributed by atoms with Gasteiger partial charge >= 0.3 is 5.69 Å². The number of aromatic nitrogens is 2. The highest BCUT2D eigenvalue weighted by molar-refractivity contribution is 5.94. The monoisotopic (exact) mass is 329 g/mol. The summed E-state index contributed by atoms with van der Waals surface area (Å²) < 4.78 is 8.01. The van der Waals surface area contributed by atoms with Crippen LogP contribution in [0.15, 0.2) is 33.9 Å². The highest BCUT2D eigenvalue weighted by Gasteiger charge is 2.33. The summed E-state index contributed by atoms with van der Waals surface area (Å²) in [4.78, 5) is 37.0. The first-order valence-electron chi connectivity index (χ1n) is 7.77. The van der Waals surface area contributed by atoms with Crippen LogP contribution >= 0.6 is 0 Å². The quantitative estimate of drug-likeness (QED) is 0.909. The van der Waals surface area contributed by atoms with Crippen LogP contribution < -0.4 is 21.3 Å². The molecular weight excluding hydrogens is 310 g/mol. The molecule has 24 heavy (non-hydrogen) atoms. The van der Waals surface area contributed by atoms with Gasteiger partial charge in [-0.1, -0.05) is 18.2 Å². The Morgan fingerprint density at radius 1 is 1.17 bits per heavy atom. The Labute approximate surface area is 138 Å². The van der Waals surface area contributed by atoms with Crippen LogP contribution in [0.4, 0.5) is 5.82 Å². The molecule has 0 radical (unpaired) electrons. The van der Waals surface area contributed by atoms with Crippen molar-refractivity contribution in [2.24, 2.45) is 14.1 Å². The molecule has 7 nitrogen and oxygen atoms in total. The molecule has 0 fully saturated rings. The maximum atomic E-state index is 12.7. The molecule has 1 amide bonds. The number of ether oxygens (including phenoxy) is 1. The van der Waals surface area contributed by atoms with Crippen molar-refractivity contribution in [3.8, 4) is 5.75 Å². The van der Waals surface area contributed by atoms with E-state index in [1.54, 1.807) is 0 Å². The molecular formula is C17H19N3O4. The molecule has 0 aliphatic carbocycles. The van der Waals surface area contributed by atoms with E-state index in [0.717, 1.165) is 10.1 Å². The van der Waals surface area contributed by atoms with Crippen molar-refractivity contribution in [1.82, 2.24) is 9.13 Å². The van der Waals surface area contributed by atoms with E-state index < -0.39 is 17.2 Å². The molecule has 1 N–H and O–H groups in total. The average molecular weight is 329 g/mol. The van der Waals surface area contributed by atoms with E-state index >= 15 is 0 Å². The Morgan fingerprint density at radius 2 is 1.88 bits per heavy atom. The lowest BCUT2D eigenvalue weighted by molar-refractivity contribution is -0.116. The fraction of sp³-hybridized carbons (Fsp3) is 0.353. The van der Waals surface area contributed by atoms with E-state index in [0.29, 0.717) is 17.9 Å². The topological polar surface area (TPSA) is 82.3 Å². The molecule has 0 bridgehead atoms. The lowest BCUT2D eigenvalue weighted by atomic mass is 9.86. The van der Waals surface area contributed by atoms with E-state index in [9.17, 15) is 14.4 Å². The van der Waals surface area contributed by atoms with Gasteiger partial charge in [0.25, 0.3) is 5.56 Å². The smallest absolute Gasteiger partial charge is 0.332 e. The third kappa shape index (κ3) is 2.42. The van der Waals surface area contributed by atoms with Gasteiger partial charge in [0.15, 0.2) is 0 Å². The number of para-hydroxylation sites is 1. The number of amides is 1. The van der Waals surface area contributed by atoms with Crippen LogP contribution in [0.1, 0.15) is 30.4 Å². The Hall–Kier alpha value is -2.83. The summed E-state index contributed by atoms with van der Waals surface area (Å²) in [5.74, 6) is 0.210. The number of fused-ring (bicyclic) bond motifs is 1. The number of hydrogen-bond acceptors (Lipinski definition) is 4. The predicted octanol–water partition coefficient (Wildman–Crippen LogP) is 0.957. The molecule has 0 spiro atoms. The van der Waals surface area contributed by atoms with E-state index in [1.165, 1.54) is 18.7 Å². The Bertz CT molecular complexity index is 926. The second-order valence-electron chi connectivity index (χ2n) is 5.74. The zero-order chi connectivity index (χ0) is 17.4. The van der Waals surface area contributed by atoms with Crippen molar-refractivity contribution in [3.63, 3.8) is 0 Å². The lowest BCUT2D eigenvalue weighted by Crippen LogP contribution is -2.44. The lowest BCUT2D eigenvalue weighted by Gasteiger charge is -2.28. The summed E-state index contributed by atoms with van der Waals surface area (Å²) in [7, 11) is 2.98. The van der Waals surface area contributed by atoms with Gasteiger partial charge < -0.3 is 10.1 Å². The van der Waals surface area contributed by atoms with Gasteiger partial charge in [0.1, 0.15) is 11.6 Å². The van der Waals surface area contributed by atoms with Gasteiger partial charge in [-0.05, 0) is 13.0 Å². The van der Waals surface area contributed by atoms with Crippen LogP contribution in [0.25, 0.3) is 0 Å². The first-order chi connectivity index (χ1) is 11.5. The molecule has 0 saturated carbocycles. The van der Waals surface area contributed by atoms with E-state index in [2.05, 4.69) is 5.32 Å². The summed E-state index contributed by atoms with van der Waals surface area (Å²) >= 11 is 0. The third-order valence-corrected chi connectivity index (χ3v) is 4.29. The normalized spacial score (nSPS) is 16.5. The molecule has 7 heteroatoms. The minimum Gasteiger partial charge on any atom is -0.494 e. The molecule has 1 aliphatic heterocycles. The fourth-order valence-electron chi connectivity index (χ4n) is 3.13. The van der Waals surface area contributed by atoms with E-state index in [4.69, 9.17) is 4.74 Å². The minimum atomic E-state index is -0.474. The second kappa shape index (κ2) is 5.99. The fourth-order valence-corrected chi connectivity index (χ4v) is 3.13. The summed E-state index contributed by atoms with van der Waals surface area (Å²) in [5, 5.41) is 2.66. The number of carbonyl (C=O) groups is 1. The van der Waals surface area contributed by atoms with Crippen LogP contribution in [0.3, 0.4) is 0 Å². The second-order valence-corrected chi connectivity index (χ2v) is 5.74. The first-order valence-corrected chi connectivity index (χ1v) is 7.77. The highest BCUT2D eigenvalue weighted by atomic mass is 16.5. The molecule has 1 atom stereocenters. The predicted molar refractivity (Wildman–Crippen MR) is 89.6 cm³/mol. The zero-order valence-electron chi connectivity index (χ0n) is 13.8. The Morgan fingerprint density at radius 3 is 2.58 bits per heavy atom. The Kier molecular flexibility index (Phi) is 4.01. The molecule has 1 aromatic carbocycles. The summed E-state index contributed by atoms with van der Waals surface area (Å²) in [6, 6.07) is 7.35. The van der Waals surface area contributed by atoms with Gasteiger partial charge in [0.05, 0.1) is 12.2 Å². The first kappa shape index (κ1) is 16.0. The number of nitrogens with zero attached hydrogens (tertiary/aromatic N) is 2. The third-order valence-electron chi connectivity index (χ3n) is 4.29. The van der Waals surface area contributed by atoms with Gasteiger partial charge in [-0.2, -0.15) is 0 Å². The standard InChI is InChI=1S/C17H19N3O4/c1-4-24-12-8-6-5-7-10(12)11-9-13(21)18-15-14(11)16(22)20(3)17(23)19(15)2/h5-8,11H,4,9H2,1-3H3,(H,18,21)/t11-/m1/s1. The SMILES string of the molecule is CCOc1ccccc1[C@H]1CC(=O)Nc2c1c(=O)n(C)c(=O)n2C. The van der Waals surface area contributed by atoms with Crippen molar-refractivity contribution < 1.29 is 9.53 Å². The number of hydrogen-bond donors (Lipinski definition) is 1. The maximum Gasteiger partial charge on any atom is 0.332 e. The van der Waals surface area contributed by atoms with Gasteiger partial charge in [-0.15, -0.1) is 0 Å². The molecule has 3 rings (SSSR count). The Balaban J connectivity index is 2.30. The van der Waals surface area contributed by atoms with E-state index in [1.807, 2.05) is 31.2 Å². The number of nitrogens with one attached hydrogen (secondary N) is 1. The van der Waals surface area contributed by atoms with Gasteiger partial charge in [0, 0.05) is 32.0 Å². The van der Waals surface area contributed by atoms with Gasteiger partial charge in [-0.25, -0.2) is 4.79 Å². The van der Waals surface area contributed by atoms with Crippen molar-refractivity contribution in [3.05, 3.63) is 56.2 Å². The number of carbonyl (C=O) groups excluding carboxylic acids is 1. The molecule has 0 unspecified atom stereocenters. The molecule has 1 aliphatic rings. The summed E-state index contributed by atoms with van der Waals surface area (Å²) in [5.41, 5.74) is 0.305. The van der Waals surface area contributed by atoms with Crippen molar-refractivity contribution in [2.45, 2.75) is 19.3 Å². The maximum absolute atomic E-state index is 12.7. The number of rotatable bonds is 3. The minimum absolute atomic E-state index is 0.129. The number of benzene rings is 1. The van der Waals surface area contributed by atoms with Crippen LogP contribution in [-0.4, -0.2) is 21.6 Å². The van der Waals surface area contributed by atoms with E-state index in [-0.39, 0.29) is 18.1 Å². The van der Waals surface area contributed by atoms with Crippen LogP contribution in [-0.2, 0) is 18.9 Å². The van der Waals surface area contributed by atoms with Gasteiger partial charge in [0.2, 0.25) is 5.91 Å². The summed E-state index contributed by atoms with van der Waals surface area (Å²) in [6.45, 7) is 2.36. The van der Waals surface area contributed by atoms with Crippen molar-refractivity contribution in [1.29, 1.82) is 0 Å². The zero-order valence-corrected chi connectivity index (χ0v) is 13.8. The summed E-state index contributed by atoms with van der Waals surface area (Å²) in [6.07, 6.45) is 0.129. The van der Waals surface area contributed by atoms with Crippen LogP contribution in [0.5, 0.6) is 5.75 Å². The highest BCUT2D eigenvalue weighted by Crippen LogP contribution is 2.38. The van der Waals surface area contributed by atoms with Gasteiger partial charge in [-0.3, -0.25) is 18.7 Å². The van der Waals surface area contributed by atoms with Crippen molar-refractivity contribution in [2.75, 3.05) is 11.9 Å². The molecule has 0 saturated heterocycles. The van der Waals surface area contributed by atoms with Crippen LogP contribution in [0.2, 0.25) is 0 Å². The molecule has 1 aromatic heterocycles. The molecule has 2 heterocycles. The average Bonchev–Trinajstić information content (AvgIpc) is 2.58. The van der Waals surface area contributed by atoms with Crippen LogP contribution in [0, 0.1) is 0 Å².